The predicted molar refractivity (Wildman–Crippen MR) is 148 cm³/mol. The highest BCUT2D eigenvalue weighted by molar-refractivity contribution is 7.92. The molecular formula is C28H33N7O2S. The zero-order chi connectivity index (χ0) is 26.3. The first-order valence-electron chi connectivity index (χ1n) is 13.3. The number of hydrogen-bond donors (Lipinski definition) is 1. The molecule has 1 aromatic carbocycles. The van der Waals surface area contributed by atoms with Gasteiger partial charge in [0.1, 0.15) is 5.82 Å². The van der Waals surface area contributed by atoms with Crippen molar-refractivity contribution in [1.82, 2.24) is 29.5 Å². The van der Waals surface area contributed by atoms with Crippen molar-refractivity contribution < 1.29 is 8.42 Å². The summed E-state index contributed by atoms with van der Waals surface area (Å²) in [7, 11) is 0.886. The van der Waals surface area contributed by atoms with E-state index in [-0.39, 0.29) is 17.2 Å². The molecule has 6 rings (SSSR count). The van der Waals surface area contributed by atoms with Gasteiger partial charge in [-0.05, 0) is 56.1 Å². The molecule has 0 radical (unpaired) electrons. The average molecular weight is 532 g/mol. The smallest absolute Gasteiger partial charge is 0.161 e. The summed E-state index contributed by atoms with van der Waals surface area (Å²) in [5, 5.41) is 12.2. The Morgan fingerprint density at radius 3 is 2.21 bits per heavy atom. The number of sulfone groups is 1. The molecule has 3 aromatic heterocycles. The summed E-state index contributed by atoms with van der Waals surface area (Å²) in [5.74, 6) is 2.03. The van der Waals surface area contributed by atoms with E-state index < -0.39 is 9.84 Å². The zero-order valence-electron chi connectivity index (χ0n) is 21.8. The van der Waals surface area contributed by atoms with Gasteiger partial charge in [0.05, 0.1) is 23.4 Å². The molecule has 2 saturated carbocycles. The number of hydrogen-bond acceptors (Lipinski definition) is 7. The lowest BCUT2D eigenvalue weighted by molar-refractivity contribution is 0.361. The molecule has 9 nitrogen and oxygen atoms in total. The molecule has 198 valence electrons. The Kier molecular flexibility index (Phi) is 6.51. The minimum Gasteiger partial charge on any atom is -0.367 e. The molecule has 3 heterocycles. The molecule has 2 aliphatic carbocycles. The van der Waals surface area contributed by atoms with Crippen LogP contribution in [0.2, 0.25) is 0 Å². The van der Waals surface area contributed by atoms with Crippen LogP contribution in [0.15, 0.2) is 55.2 Å². The number of aryl methyl sites for hydroxylation is 2. The summed E-state index contributed by atoms with van der Waals surface area (Å²) in [6.45, 7) is 0. The van der Waals surface area contributed by atoms with Crippen molar-refractivity contribution in [2.24, 2.45) is 20.0 Å². The van der Waals surface area contributed by atoms with E-state index in [1.54, 1.807) is 9.36 Å². The van der Waals surface area contributed by atoms with E-state index >= 15 is 0 Å². The average Bonchev–Trinajstić information content (AvgIpc) is 3.57. The van der Waals surface area contributed by atoms with Crippen molar-refractivity contribution >= 4 is 15.7 Å². The standard InChI is InChI=1S/C28H33N7O2S/c1-34-16-22(13-30-34)20-4-3-5-21(12-20)27-29-15-26(23-14-31-35(2)17-23)28(33-27)32-24-8-6-19(7-9-24)18-38(36,37)25-10-11-25/h3-5,12-17,19,24-25H,6-11,18H2,1-2H3,(H,29,32,33). The highest BCUT2D eigenvalue weighted by atomic mass is 32.2. The van der Waals surface area contributed by atoms with Crippen LogP contribution in [0.4, 0.5) is 5.82 Å². The molecule has 4 aromatic rings. The molecule has 0 unspecified atom stereocenters. The zero-order valence-corrected chi connectivity index (χ0v) is 22.6. The Balaban J connectivity index is 1.24. The first-order chi connectivity index (χ1) is 18.3. The fourth-order valence-corrected chi connectivity index (χ4v) is 7.49. The van der Waals surface area contributed by atoms with Gasteiger partial charge in [-0.25, -0.2) is 18.4 Å². The fraction of sp³-hybridized carbons (Fsp3) is 0.429. The quantitative estimate of drug-likeness (QED) is 0.357. The number of benzene rings is 1. The maximum absolute atomic E-state index is 12.5. The summed E-state index contributed by atoms with van der Waals surface area (Å²) in [4.78, 5) is 9.72. The fourth-order valence-electron chi connectivity index (χ4n) is 5.37. The molecular weight excluding hydrogens is 498 g/mol. The van der Waals surface area contributed by atoms with E-state index in [9.17, 15) is 8.42 Å². The molecule has 0 amide bonds. The van der Waals surface area contributed by atoms with Crippen LogP contribution >= 0.6 is 0 Å². The van der Waals surface area contributed by atoms with Crippen LogP contribution in [0.5, 0.6) is 0 Å². The Morgan fingerprint density at radius 2 is 1.55 bits per heavy atom. The number of anilines is 1. The summed E-state index contributed by atoms with van der Waals surface area (Å²) < 4.78 is 28.5. The van der Waals surface area contributed by atoms with Crippen LogP contribution in [-0.4, -0.2) is 55.0 Å². The summed E-state index contributed by atoms with van der Waals surface area (Å²) >= 11 is 0. The second-order valence-electron chi connectivity index (χ2n) is 10.7. The van der Waals surface area contributed by atoms with Crippen LogP contribution in [-0.2, 0) is 23.9 Å². The lowest BCUT2D eigenvalue weighted by atomic mass is 9.87. The van der Waals surface area contributed by atoms with Gasteiger partial charge < -0.3 is 5.32 Å². The van der Waals surface area contributed by atoms with Gasteiger partial charge in [0.2, 0.25) is 0 Å². The summed E-state index contributed by atoms with van der Waals surface area (Å²) in [6.07, 6.45) is 14.9. The molecule has 0 aliphatic heterocycles. The van der Waals surface area contributed by atoms with E-state index in [2.05, 4.69) is 27.6 Å². The molecule has 10 heteroatoms. The first kappa shape index (κ1) is 24.8. The molecule has 2 fully saturated rings. The monoisotopic (exact) mass is 531 g/mol. The van der Waals surface area contributed by atoms with Gasteiger partial charge in [-0.1, -0.05) is 18.2 Å². The Labute approximate surface area is 223 Å². The molecule has 0 bridgehead atoms. The van der Waals surface area contributed by atoms with E-state index in [4.69, 9.17) is 9.97 Å². The van der Waals surface area contributed by atoms with Gasteiger partial charge in [0.15, 0.2) is 15.7 Å². The van der Waals surface area contributed by atoms with E-state index in [0.29, 0.717) is 11.6 Å². The predicted octanol–water partition coefficient (Wildman–Crippen LogP) is 4.49. The molecule has 0 spiro atoms. The third-order valence-electron chi connectivity index (χ3n) is 7.65. The topological polar surface area (TPSA) is 108 Å². The van der Waals surface area contributed by atoms with Gasteiger partial charge in [0, 0.05) is 61.0 Å². The lowest BCUT2D eigenvalue weighted by Crippen LogP contribution is -2.30. The van der Waals surface area contributed by atoms with Crippen LogP contribution < -0.4 is 5.32 Å². The summed E-state index contributed by atoms with van der Waals surface area (Å²) in [6, 6.07) is 8.42. The molecule has 0 atom stereocenters. The molecule has 1 N–H and O–H groups in total. The Morgan fingerprint density at radius 1 is 0.868 bits per heavy atom. The second kappa shape index (κ2) is 9.98. The van der Waals surface area contributed by atoms with Crippen LogP contribution in [0.1, 0.15) is 38.5 Å². The lowest BCUT2D eigenvalue weighted by Gasteiger charge is -2.30. The highest BCUT2D eigenvalue weighted by Gasteiger charge is 2.37. The third-order valence-corrected chi connectivity index (χ3v) is 10.1. The van der Waals surface area contributed by atoms with Crippen LogP contribution in [0.25, 0.3) is 33.6 Å². The Bertz CT molecular complexity index is 1550. The third kappa shape index (κ3) is 5.36. The van der Waals surface area contributed by atoms with E-state index in [1.807, 2.05) is 57.2 Å². The molecule has 38 heavy (non-hydrogen) atoms. The first-order valence-corrected chi connectivity index (χ1v) is 15.0. The Hall–Kier alpha value is -3.53. The van der Waals surface area contributed by atoms with Gasteiger partial charge in [0.25, 0.3) is 0 Å². The molecule has 2 aliphatic rings. The maximum Gasteiger partial charge on any atom is 0.161 e. The summed E-state index contributed by atoms with van der Waals surface area (Å²) in [5.41, 5.74) is 4.89. The number of rotatable bonds is 8. The van der Waals surface area contributed by atoms with Crippen molar-refractivity contribution in [3.05, 3.63) is 55.2 Å². The van der Waals surface area contributed by atoms with Crippen molar-refractivity contribution in [1.29, 1.82) is 0 Å². The SMILES string of the molecule is Cn1cc(-c2cccc(-c3ncc(-c4cnn(C)c4)c(NC4CCC(CS(=O)(=O)C5CC5)CC4)n3)c2)cn1. The minimum absolute atomic E-state index is 0.0727. The number of nitrogens with one attached hydrogen (secondary N) is 1. The highest BCUT2D eigenvalue weighted by Crippen LogP contribution is 2.35. The van der Waals surface area contributed by atoms with Crippen LogP contribution in [0.3, 0.4) is 0 Å². The maximum atomic E-state index is 12.5. The van der Waals surface area contributed by atoms with Crippen LogP contribution in [0, 0.1) is 5.92 Å². The number of aromatic nitrogens is 6. The van der Waals surface area contributed by atoms with E-state index in [0.717, 1.165) is 72.2 Å². The van der Waals surface area contributed by atoms with Crippen molar-refractivity contribution in [3.63, 3.8) is 0 Å². The van der Waals surface area contributed by atoms with Crippen molar-refractivity contribution in [2.75, 3.05) is 11.1 Å². The minimum atomic E-state index is -2.92. The largest absolute Gasteiger partial charge is 0.367 e. The van der Waals surface area contributed by atoms with Gasteiger partial charge in [-0.3, -0.25) is 9.36 Å². The second-order valence-corrected chi connectivity index (χ2v) is 13.1. The van der Waals surface area contributed by atoms with E-state index in [1.165, 1.54) is 0 Å². The van der Waals surface area contributed by atoms with Gasteiger partial charge in [-0.2, -0.15) is 10.2 Å². The van der Waals surface area contributed by atoms with Gasteiger partial charge in [-0.15, -0.1) is 0 Å². The van der Waals surface area contributed by atoms with Crippen molar-refractivity contribution in [3.8, 4) is 33.6 Å². The van der Waals surface area contributed by atoms with Crippen molar-refractivity contribution in [2.45, 2.75) is 49.8 Å². The number of nitrogens with zero attached hydrogens (tertiary/aromatic N) is 6. The van der Waals surface area contributed by atoms with Gasteiger partial charge >= 0.3 is 0 Å². The molecule has 0 saturated heterocycles. The normalized spacial score (nSPS) is 19.9.